The molecule has 0 aliphatic carbocycles. The molecule has 0 aliphatic rings. The molecule has 8 nitrogen and oxygen atoms in total. The number of hydrazone groups is 1. The average Bonchev–Trinajstić information content (AvgIpc) is 3.16. The first kappa shape index (κ1) is 20.1. The zero-order chi connectivity index (χ0) is 20.8. The number of methoxy groups -OCH3 is 3. The quantitative estimate of drug-likeness (QED) is 0.460. The van der Waals surface area contributed by atoms with E-state index in [0.29, 0.717) is 40.8 Å². The highest BCUT2D eigenvalue weighted by atomic mass is 16.5. The largest absolute Gasteiger partial charge is 0.494 e. The van der Waals surface area contributed by atoms with Crippen molar-refractivity contribution in [1.29, 1.82) is 0 Å². The van der Waals surface area contributed by atoms with E-state index in [1.165, 1.54) is 27.5 Å². The molecule has 0 unspecified atom stereocenters. The van der Waals surface area contributed by atoms with E-state index < -0.39 is 5.91 Å². The van der Waals surface area contributed by atoms with Crippen LogP contribution in [0.3, 0.4) is 0 Å². The van der Waals surface area contributed by atoms with Gasteiger partial charge >= 0.3 is 5.91 Å². The van der Waals surface area contributed by atoms with Crippen LogP contribution in [0.2, 0.25) is 0 Å². The molecule has 1 aromatic heterocycles. The normalized spacial score (nSPS) is 10.9. The van der Waals surface area contributed by atoms with E-state index in [2.05, 4.69) is 10.5 Å². The van der Waals surface area contributed by atoms with Gasteiger partial charge in [0.25, 0.3) is 0 Å². The number of ether oxygens (including phenoxy) is 4. The van der Waals surface area contributed by atoms with E-state index in [0.717, 1.165) is 5.39 Å². The number of nitrogens with one attached hydrogen (secondary N) is 1. The zero-order valence-corrected chi connectivity index (χ0v) is 16.6. The van der Waals surface area contributed by atoms with Crippen LogP contribution in [0, 0.1) is 0 Å². The summed E-state index contributed by atoms with van der Waals surface area (Å²) in [7, 11) is 4.58. The van der Waals surface area contributed by atoms with Crippen LogP contribution in [0.4, 0.5) is 0 Å². The number of rotatable bonds is 8. The van der Waals surface area contributed by atoms with Crippen molar-refractivity contribution in [2.45, 2.75) is 6.92 Å². The molecule has 8 heteroatoms. The maximum absolute atomic E-state index is 12.3. The van der Waals surface area contributed by atoms with Crippen molar-refractivity contribution in [2.24, 2.45) is 5.10 Å². The Kier molecular flexibility index (Phi) is 6.23. The first-order valence-electron chi connectivity index (χ1n) is 8.89. The summed E-state index contributed by atoms with van der Waals surface area (Å²) in [4.78, 5) is 12.3. The van der Waals surface area contributed by atoms with E-state index in [1.807, 2.05) is 13.0 Å². The molecule has 2 aromatic carbocycles. The van der Waals surface area contributed by atoms with Gasteiger partial charge in [0.1, 0.15) is 11.3 Å². The Hall–Kier alpha value is -3.68. The van der Waals surface area contributed by atoms with Gasteiger partial charge in [0, 0.05) is 10.9 Å². The van der Waals surface area contributed by atoms with Gasteiger partial charge in [0.15, 0.2) is 17.3 Å². The van der Waals surface area contributed by atoms with Crippen LogP contribution in [-0.4, -0.2) is 40.1 Å². The fourth-order valence-corrected chi connectivity index (χ4v) is 2.79. The highest BCUT2D eigenvalue weighted by Crippen LogP contribution is 2.37. The number of nitrogens with zero attached hydrogens (tertiary/aromatic N) is 1. The van der Waals surface area contributed by atoms with Gasteiger partial charge in [0.2, 0.25) is 5.75 Å². The molecular formula is C21H22N2O6. The van der Waals surface area contributed by atoms with E-state index in [-0.39, 0.29) is 5.76 Å². The lowest BCUT2D eigenvalue weighted by atomic mass is 10.2. The maximum atomic E-state index is 12.3. The van der Waals surface area contributed by atoms with E-state index in [4.69, 9.17) is 23.4 Å². The third-order valence-electron chi connectivity index (χ3n) is 4.09. The summed E-state index contributed by atoms with van der Waals surface area (Å²) in [5, 5.41) is 4.75. The van der Waals surface area contributed by atoms with Crippen LogP contribution in [0.15, 0.2) is 45.9 Å². The van der Waals surface area contributed by atoms with Gasteiger partial charge in [-0.25, -0.2) is 5.43 Å². The van der Waals surface area contributed by atoms with Crippen molar-refractivity contribution in [3.63, 3.8) is 0 Å². The highest BCUT2D eigenvalue weighted by molar-refractivity contribution is 5.96. The van der Waals surface area contributed by atoms with Crippen molar-refractivity contribution >= 4 is 23.1 Å². The summed E-state index contributed by atoms with van der Waals surface area (Å²) in [5.74, 6) is 1.85. The molecule has 0 radical (unpaired) electrons. The predicted octanol–water partition coefficient (Wildman–Crippen LogP) is 3.62. The Morgan fingerprint density at radius 3 is 2.41 bits per heavy atom. The standard InChI is InChI=1S/C21H22N2O6/c1-5-28-15-6-7-16-14(10-15)11-19(29-16)21(24)23-22-12-13-8-17(25-2)20(27-4)18(9-13)26-3/h6-12H,5H2,1-4H3,(H,23,24)/b22-12+. The average molecular weight is 398 g/mol. The van der Waals surface area contributed by atoms with Gasteiger partial charge in [-0.3, -0.25) is 4.79 Å². The van der Waals surface area contributed by atoms with Crippen molar-refractivity contribution in [3.8, 4) is 23.0 Å². The first-order chi connectivity index (χ1) is 14.1. The van der Waals surface area contributed by atoms with E-state index in [1.54, 1.807) is 30.3 Å². The number of benzene rings is 2. The Morgan fingerprint density at radius 2 is 1.79 bits per heavy atom. The second-order valence-electron chi connectivity index (χ2n) is 5.90. The molecule has 0 spiro atoms. The Labute approximate surface area is 168 Å². The minimum Gasteiger partial charge on any atom is -0.494 e. The third kappa shape index (κ3) is 4.43. The van der Waals surface area contributed by atoms with Gasteiger partial charge in [-0.05, 0) is 43.3 Å². The minimum atomic E-state index is -0.470. The molecule has 1 N–H and O–H groups in total. The fraction of sp³-hybridized carbons (Fsp3) is 0.238. The molecule has 0 saturated heterocycles. The molecule has 29 heavy (non-hydrogen) atoms. The topological polar surface area (TPSA) is 91.5 Å². The van der Waals surface area contributed by atoms with Crippen LogP contribution < -0.4 is 24.4 Å². The van der Waals surface area contributed by atoms with Crippen LogP contribution in [0.5, 0.6) is 23.0 Å². The maximum Gasteiger partial charge on any atom is 0.307 e. The smallest absolute Gasteiger partial charge is 0.307 e. The summed E-state index contributed by atoms with van der Waals surface area (Å²) < 4.78 is 26.9. The van der Waals surface area contributed by atoms with Crippen molar-refractivity contribution in [2.75, 3.05) is 27.9 Å². The molecule has 1 heterocycles. The molecule has 0 atom stereocenters. The van der Waals surface area contributed by atoms with Gasteiger partial charge < -0.3 is 23.4 Å². The van der Waals surface area contributed by atoms with Gasteiger partial charge in [0.05, 0.1) is 34.2 Å². The molecule has 1 amide bonds. The fourth-order valence-electron chi connectivity index (χ4n) is 2.79. The SMILES string of the molecule is CCOc1ccc2oc(C(=O)N/N=C/c3cc(OC)c(OC)c(OC)c3)cc2c1. The van der Waals surface area contributed by atoms with Crippen LogP contribution in [-0.2, 0) is 0 Å². The third-order valence-corrected chi connectivity index (χ3v) is 4.09. The summed E-state index contributed by atoms with van der Waals surface area (Å²) in [6, 6.07) is 10.4. The number of carbonyl (C=O) groups excluding carboxylic acids is 1. The van der Waals surface area contributed by atoms with Gasteiger partial charge in [-0.15, -0.1) is 0 Å². The molecule has 152 valence electrons. The Morgan fingerprint density at radius 1 is 1.07 bits per heavy atom. The number of hydrogen-bond donors (Lipinski definition) is 1. The number of amides is 1. The molecule has 3 rings (SSSR count). The molecule has 3 aromatic rings. The monoisotopic (exact) mass is 398 g/mol. The summed E-state index contributed by atoms with van der Waals surface area (Å²) >= 11 is 0. The molecule has 0 bridgehead atoms. The molecular weight excluding hydrogens is 376 g/mol. The number of carbonyl (C=O) groups is 1. The summed E-state index contributed by atoms with van der Waals surface area (Å²) in [6.45, 7) is 2.47. The van der Waals surface area contributed by atoms with Crippen LogP contribution in [0.25, 0.3) is 11.0 Å². The predicted molar refractivity (Wildman–Crippen MR) is 109 cm³/mol. The van der Waals surface area contributed by atoms with E-state index in [9.17, 15) is 4.79 Å². The van der Waals surface area contributed by atoms with Crippen molar-refractivity contribution in [3.05, 3.63) is 47.7 Å². The lowest BCUT2D eigenvalue weighted by Gasteiger charge is -2.12. The Balaban J connectivity index is 1.75. The Bertz CT molecular complexity index is 1020. The zero-order valence-electron chi connectivity index (χ0n) is 16.6. The second-order valence-corrected chi connectivity index (χ2v) is 5.90. The van der Waals surface area contributed by atoms with Crippen molar-refractivity contribution in [1.82, 2.24) is 5.43 Å². The van der Waals surface area contributed by atoms with Crippen molar-refractivity contribution < 1.29 is 28.2 Å². The second kappa shape index (κ2) is 9.01. The minimum absolute atomic E-state index is 0.149. The number of fused-ring (bicyclic) bond motifs is 1. The van der Waals surface area contributed by atoms with Crippen LogP contribution in [0.1, 0.15) is 23.0 Å². The summed E-state index contributed by atoms with van der Waals surface area (Å²) in [5.41, 5.74) is 3.69. The summed E-state index contributed by atoms with van der Waals surface area (Å²) in [6.07, 6.45) is 1.47. The van der Waals surface area contributed by atoms with E-state index >= 15 is 0 Å². The molecule has 0 saturated carbocycles. The first-order valence-corrected chi connectivity index (χ1v) is 8.89. The lowest BCUT2D eigenvalue weighted by Crippen LogP contribution is -2.16. The van der Waals surface area contributed by atoms with Crippen LogP contribution >= 0.6 is 0 Å². The number of hydrogen-bond acceptors (Lipinski definition) is 7. The highest BCUT2D eigenvalue weighted by Gasteiger charge is 2.14. The molecule has 0 aliphatic heterocycles. The number of furan rings is 1. The van der Waals surface area contributed by atoms with Gasteiger partial charge in [-0.2, -0.15) is 5.10 Å². The lowest BCUT2D eigenvalue weighted by molar-refractivity contribution is 0.0929. The van der Waals surface area contributed by atoms with Gasteiger partial charge in [-0.1, -0.05) is 0 Å². The molecule has 0 fully saturated rings.